The van der Waals surface area contributed by atoms with Crippen LogP contribution in [0.5, 0.6) is 5.75 Å². The van der Waals surface area contributed by atoms with Gasteiger partial charge in [0, 0.05) is 5.56 Å². The molecule has 0 aromatic heterocycles. The van der Waals surface area contributed by atoms with Crippen LogP contribution in [0.2, 0.25) is 0 Å². The zero-order valence-corrected chi connectivity index (χ0v) is 11.9. The van der Waals surface area contributed by atoms with Crippen molar-refractivity contribution in [3.05, 3.63) is 65.2 Å². The maximum Gasteiger partial charge on any atom is 0.124 e. The van der Waals surface area contributed by atoms with Crippen LogP contribution >= 0.6 is 0 Å². The highest BCUT2D eigenvalue weighted by molar-refractivity contribution is 5.49. The summed E-state index contributed by atoms with van der Waals surface area (Å²) in [6, 6.07) is 16.7. The summed E-state index contributed by atoms with van der Waals surface area (Å²) >= 11 is 0. The summed E-state index contributed by atoms with van der Waals surface area (Å²) < 4.78 is 5.79. The maximum absolute atomic E-state index is 6.84. The first-order valence-electron chi connectivity index (χ1n) is 7.35. The summed E-state index contributed by atoms with van der Waals surface area (Å²) in [7, 11) is 0. The van der Waals surface area contributed by atoms with Crippen molar-refractivity contribution in [2.24, 2.45) is 5.73 Å². The Bertz CT molecular complexity index is 608. The summed E-state index contributed by atoms with van der Waals surface area (Å²) in [5, 5.41) is 0. The SMILES string of the molecule is CCOc1ccccc1C1(N)CCCc2ccccc21. The van der Waals surface area contributed by atoms with Gasteiger partial charge in [0.15, 0.2) is 0 Å². The molecule has 0 fully saturated rings. The molecule has 104 valence electrons. The molecule has 0 bridgehead atoms. The molecule has 2 aromatic rings. The van der Waals surface area contributed by atoms with Crippen LogP contribution in [-0.2, 0) is 12.0 Å². The third-order valence-corrected chi connectivity index (χ3v) is 4.18. The zero-order valence-electron chi connectivity index (χ0n) is 11.9. The minimum atomic E-state index is -0.430. The topological polar surface area (TPSA) is 35.2 Å². The molecule has 1 aliphatic rings. The molecule has 20 heavy (non-hydrogen) atoms. The van der Waals surface area contributed by atoms with E-state index >= 15 is 0 Å². The van der Waals surface area contributed by atoms with Crippen molar-refractivity contribution in [3.8, 4) is 5.75 Å². The fourth-order valence-electron chi connectivity index (χ4n) is 3.26. The second-order valence-electron chi connectivity index (χ2n) is 5.41. The van der Waals surface area contributed by atoms with E-state index in [4.69, 9.17) is 10.5 Å². The van der Waals surface area contributed by atoms with Crippen molar-refractivity contribution in [1.29, 1.82) is 0 Å². The first-order chi connectivity index (χ1) is 9.75. The molecule has 2 heteroatoms. The molecule has 0 heterocycles. The van der Waals surface area contributed by atoms with Crippen molar-refractivity contribution < 1.29 is 4.74 Å². The molecule has 1 aliphatic carbocycles. The Labute approximate surface area is 120 Å². The molecule has 3 rings (SSSR count). The highest BCUT2D eigenvalue weighted by Gasteiger charge is 2.36. The highest BCUT2D eigenvalue weighted by atomic mass is 16.5. The number of nitrogens with two attached hydrogens (primary N) is 1. The number of para-hydroxylation sites is 1. The van der Waals surface area contributed by atoms with Gasteiger partial charge in [0.1, 0.15) is 5.75 Å². The molecule has 2 nitrogen and oxygen atoms in total. The molecule has 0 spiro atoms. The van der Waals surface area contributed by atoms with Crippen LogP contribution in [0, 0.1) is 0 Å². The lowest BCUT2D eigenvalue weighted by Crippen LogP contribution is -2.41. The summed E-state index contributed by atoms with van der Waals surface area (Å²) in [5.74, 6) is 0.911. The van der Waals surface area contributed by atoms with Gasteiger partial charge < -0.3 is 10.5 Å². The Balaban J connectivity index is 2.14. The highest BCUT2D eigenvalue weighted by Crippen LogP contribution is 2.41. The Morgan fingerprint density at radius 2 is 1.75 bits per heavy atom. The van der Waals surface area contributed by atoms with E-state index in [1.807, 2.05) is 25.1 Å². The number of hydrogen-bond donors (Lipinski definition) is 1. The Kier molecular flexibility index (Phi) is 3.49. The number of ether oxygens (including phenoxy) is 1. The third kappa shape index (κ3) is 2.10. The molecule has 0 radical (unpaired) electrons. The predicted octanol–water partition coefficient (Wildman–Crippen LogP) is 3.62. The second-order valence-corrected chi connectivity index (χ2v) is 5.41. The van der Waals surface area contributed by atoms with Gasteiger partial charge in [-0.15, -0.1) is 0 Å². The average molecular weight is 267 g/mol. The first kappa shape index (κ1) is 13.2. The quantitative estimate of drug-likeness (QED) is 0.921. The lowest BCUT2D eigenvalue weighted by atomic mass is 9.73. The van der Waals surface area contributed by atoms with Crippen molar-refractivity contribution in [2.75, 3.05) is 6.61 Å². The Morgan fingerprint density at radius 1 is 1.05 bits per heavy atom. The van der Waals surface area contributed by atoms with Gasteiger partial charge in [0.05, 0.1) is 12.1 Å². The summed E-state index contributed by atoms with van der Waals surface area (Å²) in [6.45, 7) is 2.67. The van der Waals surface area contributed by atoms with Crippen LogP contribution in [-0.4, -0.2) is 6.61 Å². The van der Waals surface area contributed by atoms with E-state index in [1.54, 1.807) is 0 Å². The molecular formula is C18H21NO. The van der Waals surface area contributed by atoms with Crippen molar-refractivity contribution >= 4 is 0 Å². The molecule has 0 saturated carbocycles. The van der Waals surface area contributed by atoms with Crippen molar-refractivity contribution in [2.45, 2.75) is 31.7 Å². The molecule has 2 aromatic carbocycles. The van der Waals surface area contributed by atoms with Crippen LogP contribution in [0.15, 0.2) is 48.5 Å². The first-order valence-corrected chi connectivity index (χ1v) is 7.35. The largest absolute Gasteiger partial charge is 0.494 e. The summed E-state index contributed by atoms with van der Waals surface area (Å²) in [5.41, 5.74) is 10.1. The Hall–Kier alpha value is -1.80. The predicted molar refractivity (Wildman–Crippen MR) is 82.0 cm³/mol. The number of aryl methyl sites for hydroxylation is 1. The van der Waals surface area contributed by atoms with E-state index in [2.05, 4.69) is 30.3 Å². The van der Waals surface area contributed by atoms with Crippen molar-refractivity contribution in [1.82, 2.24) is 0 Å². The minimum Gasteiger partial charge on any atom is -0.494 e. The van der Waals surface area contributed by atoms with Crippen LogP contribution in [0.3, 0.4) is 0 Å². The van der Waals surface area contributed by atoms with Gasteiger partial charge in [-0.05, 0) is 43.4 Å². The lowest BCUT2D eigenvalue weighted by molar-refractivity contribution is 0.323. The summed E-state index contributed by atoms with van der Waals surface area (Å²) in [4.78, 5) is 0. The number of fused-ring (bicyclic) bond motifs is 1. The van der Waals surface area contributed by atoms with Crippen LogP contribution in [0.25, 0.3) is 0 Å². The lowest BCUT2D eigenvalue weighted by Gasteiger charge is -2.37. The van der Waals surface area contributed by atoms with E-state index in [1.165, 1.54) is 11.1 Å². The van der Waals surface area contributed by atoms with Crippen LogP contribution in [0.4, 0.5) is 0 Å². The molecule has 0 saturated heterocycles. The smallest absolute Gasteiger partial charge is 0.124 e. The third-order valence-electron chi connectivity index (χ3n) is 4.18. The minimum absolute atomic E-state index is 0.430. The molecule has 1 atom stereocenters. The van der Waals surface area contributed by atoms with Crippen LogP contribution < -0.4 is 10.5 Å². The van der Waals surface area contributed by atoms with E-state index in [0.29, 0.717) is 6.61 Å². The van der Waals surface area contributed by atoms with E-state index in [-0.39, 0.29) is 0 Å². The normalized spacial score (nSPS) is 21.3. The van der Waals surface area contributed by atoms with Gasteiger partial charge >= 0.3 is 0 Å². The molecule has 0 amide bonds. The zero-order chi connectivity index (χ0) is 14.0. The van der Waals surface area contributed by atoms with Gasteiger partial charge in [-0.1, -0.05) is 42.5 Å². The van der Waals surface area contributed by atoms with Gasteiger partial charge in [-0.2, -0.15) is 0 Å². The van der Waals surface area contributed by atoms with Gasteiger partial charge in [0.2, 0.25) is 0 Å². The summed E-state index contributed by atoms with van der Waals surface area (Å²) in [6.07, 6.45) is 3.20. The van der Waals surface area contributed by atoms with Crippen molar-refractivity contribution in [3.63, 3.8) is 0 Å². The fourth-order valence-corrected chi connectivity index (χ4v) is 3.26. The van der Waals surface area contributed by atoms with Crippen LogP contribution in [0.1, 0.15) is 36.5 Å². The standard InChI is InChI=1S/C18H21NO/c1-2-20-17-12-6-5-11-16(17)18(19)13-7-9-14-8-3-4-10-15(14)18/h3-6,8,10-12H,2,7,9,13,19H2,1H3. The van der Waals surface area contributed by atoms with Gasteiger partial charge in [0.25, 0.3) is 0 Å². The average Bonchev–Trinajstić information content (AvgIpc) is 2.49. The monoisotopic (exact) mass is 267 g/mol. The number of rotatable bonds is 3. The Morgan fingerprint density at radius 3 is 2.55 bits per heavy atom. The molecule has 1 unspecified atom stereocenters. The number of hydrogen-bond acceptors (Lipinski definition) is 2. The van der Waals surface area contributed by atoms with Gasteiger partial charge in [-0.3, -0.25) is 0 Å². The second kappa shape index (κ2) is 5.29. The maximum atomic E-state index is 6.84. The van der Waals surface area contributed by atoms with Gasteiger partial charge in [-0.25, -0.2) is 0 Å². The van der Waals surface area contributed by atoms with E-state index in [9.17, 15) is 0 Å². The van der Waals surface area contributed by atoms with E-state index in [0.717, 1.165) is 30.6 Å². The molecule has 0 aliphatic heterocycles. The fraction of sp³-hybridized carbons (Fsp3) is 0.333. The number of benzene rings is 2. The van der Waals surface area contributed by atoms with E-state index < -0.39 is 5.54 Å². The molecular weight excluding hydrogens is 246 g/mol. The molecule has 2 N–H and O–H groups in total.